The molecule has 16 heavy (non-hydrogen) atoms. The van der Waals surface area contributed by atoms with E-state index in [-0.39, 0.29) is 24.2 Å². The highest BCUT2D eigenvalue weighted by molar-refractivity contribution is 5.87. The molecule has 0 spiro atoms. The van der Waals surface area contributed by atoms with Crippen LogP contribution in [0.4, 0.5) is 0 Å². The Hall–Kier alpha value is -0.650. The molecule has 1 aliphatic rings. The van der Waals surface area contributed by atoms with Crippen molar-refractivity contribution in [3.63, 3.8) is 0 Å². The van der Waals surface area contributed by atoms with Crippen molar-refractivity contribution < 1.29 is 19.0 Å². The minimum atomic E-state index is -0.459. The van der Waals surface area contributed by atoms with Crippen LogP contribution in [0.2, 0.25) is 0 Å². The lowest BCUT2D eigenvalue weighted by Gasteiger charge is -2.45. The van der Waals surface area contributed by atoms with Crippen molar-refractivity contribution in [2.75, 3.05) is 21.3 Å². The zero-order valence-corrected chi connectivity index (χ0v) is 10.6. The number of methoxy groups -OCH3 is 3. The lowest BCUT2D eigenvalue weighted by molar-refractivity contribution is -0.161. The van der Waals surface area contributed by atoms with Gasteiger partial charge in [0, 0.05) is 33.8 Å². The normalized spacial score (nSPS) is 25.5. The number of amides is 1. The summed E-state index contributed by atoms with van der Waals surface area (Å²) >= 11 is 0. The monoisotopic (exact) mass is 231 g/mol. The van der Waals surface area contributed by atoms with E-state index in [0.717, 1.165) is 0 Å². The number of hydrogen-bond donors (Lipinski definition) is 1. The predicted molar refractivity (Wildman–Crippen MR) is 58.9 cm³/mol. The van der Waals surface area contributed by atoms with Gasteiger partial charge < -0.3 is 19.5 Å². The Labute approximate surface area is 96.4 Å². The van der Waals surface area contributed by atoms with Crippen molar-refractivity contribution in [3.05, 3.63) is 0 Å². The van der Waals surface area contributed by atoms with Gasteiger partial charge in [-0.25, -0.2) is 0 Å². The highest BCUT2D eigenvalue weighted by atomic mass is 16.7. The van der Waals surface area contributed by atoms with Gasteiger partial charge in [0.1, 0.15) is 0 Å². The molecule has 1 rings (SSSR count). The largest absolute Gasteiger partial charge is 0.378 e. The van der Waals surface area contributed by atoms with Crippen molar-refractivity contribution in [2.24, 2.45) is 5.92 Å². The van der Waals surface area contributed by atoms with Crippen molar-refractivity contribution in [2.45, 2.75) is 38.2 Å². The van der Waals surface area contributed by atoms with Crippen molar-refractivity contribution in [3.8, 4) is 0 Å². The van der Waals surface area contributed by atoms with E-state index in [9.17, 15) is 4.79 Å². The van der Waals surface area contributed by atoms with Gasteiger partial charge in [-0.15, -0.1) is 0 Å². The maximum absolute atomic E-state index is 11.5. The van der Waals surface area contributed by atoms with Crippen molar-refractivity contribution in [1.29, 1.82) is 0 Å². The molecule has 1 fully saturated rings. The molecule has 0 aromatic carbocycles. The second kappa shape index (κ2) is 5.12. The fourth-order valence-electron chi connectivity index (χ4n) is 2.06. The summed E-state index contributed by atoms with van der Waals surface area (Å²) < 4.78 is 15.6. The molecule has 0 aromatic heterocycles. The van der Waals surface area contributed by atoms with E-state index in [1.54, 1.807) is 21.3 Å². The van der Waals surface area contributed by atoms with Crippen LogP contribution in [0.25, 0.3) is 0 Å². The molecule has 94 valence electrons. The number of ether oxygens (including phenoxy) is 3. The van der Waals surface area contributed by atoms with Gasteiger partial charge in [-0.2, -0.15) is 0 Å². The van der Waals surface area contributed by atoms with Gasteiger partial charge in [-0.05, 0) is 13.8 Å². The molecule has 1 heterocycles. The summed E-state index contributed by atoms with van der Waals surface area (Å²) in [6, 6.07) is 0.0485. The van der Waals surface area contributed by atoms with Gasteiger partial charge >= 0.3 is 0 Å². The van der Waals surface area contributed by atoms with Crippen LogP contribution in [-0.4, -0.2) is 45.2 Å². The van der Waals surface area contributed by atoms with E-state index in [2.05, 4.69) is 5.32 Å². The third-order valence-corrected chi connectivity index (χ3v) is 3.26. The lowest BCUT2D eigenvalue weighted by Crippen LogP contribution is -2.66. The van der Waals surface area contributed by atoms with Crippen molar-refractivity contribution in [1.82, 2.24) is 5.32 Å². The SMILES string of the molecule is COC(C[C@H]1NC(=O)[C@@H]1C(C)(C)OC)OC. The maximum atomic E-state index is 11.5. The van der Waals surface area contributed by atoms with Crippen LogP contribution in [0.5, 0.6) is 0 Å². The minimum absolute atomic E-state index is 0.0304. The second-order valence-corrected chi connectivity index (χ2v) is 4.54. The fraction of sp³-hybridized carbons (Fsp3) is 0.909. The van der Waals surface area contributed by atoms with Crippen LogP contribution >= 0.6 is 0 Å². The topological polar surface area (TPSA) is 56.8 Å². The maximum Gasteiger partial charge on any atom is 0.228 e. The molecule has 1 saturated heterocycles. The number of carbonyl (C=O) groups is 1. The molecule has 0 unspecified atom stereocenters. The van der Waals surface area contributed by atoms with Gasteiger partial charge in [-0.1, -0.05) is 0 Å². The average Bonchev–Trinajstić information content (AvgIpc) is 2.23. The summed E-state index contributed by atoms with van der Waals surface area (Å²) in [5.74, 6) is -0.117. The first-order valence-corrected chi connectivity index (χ1v) is 5.37. The molecular formula is C11H21NO4. The van der Waals surface area contributed by atoms with E-state index in [4.69, 9.17) is 14.2 Å². The van der Waals surface area contributed by atoms with E-state index >= 15 is 0 Å². The first-order chi connectivity index (χ1) is 7.46. The predicted octanol–water partition coefficient (Wildman–Crippen LogP) is 0.535. The molecule has 1 aliphatic heterocycles. The molecule has 5 heteroatoms. The summed E-state index contributed by atoms with van der Waals surface area (Å²) in [5.41, 5.74) is -0.459. The highest BCUT2D eigenvalue weighted by Gasteiger charge is 2.49. The van der Waals surface area contributed by atoms with E-state index in [0.29, 0.717) is 6.42 Å². The van der Waals surface area contributed by atoms with Crippen LogP contribution in [0, 0.1) is 5.92 Å². The molecule has 0 aliphatic carbocycles. The van der Waals surface area contributed by atoms with Crippen LogP contribution in [0.15, 0.2) is 0 Å². The molecule has 0 saturated carbocycles. The quantitative estimate of drug-likeness (QED) is 0.535. The summed E-state index contributed by atoms with van der Waals surface area (Å²) in [7, 11) is 4.79. The third kappa shape index (κ3) is 2.53. The number of rotatable bonds is 6. The summed E-state index contributed by atoms with van der Waals surface area (Å²) in [6.07, 6.45) is 0.344. The molecular weight excluding hydrogens is 210 g/mol. The molecule has 5 nitrogen and oxygen atoms in total. The van der Waals surface area contributed by atoms with Gasteiger partial charge in [-0.3, -0.25) is 4.79 Å². The Balaban J connectivity index is 2.60. The Bertz CT molecular complexity index is 250. The molecule has 1 N–H and O–H groups in total. The lowest BCUT2D eigenvalue weighted by atomic mass is 9.76. The number of β-lactam (4-membered cyclic amide) rings is 1. The zero-order chi connectivity index (χ0) is 12.3. The van der Waals surface area contributed by atoms with E-state index in [1.165, 1.54) is 0 Å². The molecule has 1 amide bonds. The Morgan fingerprint density at radius 2 is 1.88 bits per heavy atom. The van der Waals surface area contributed by atoms with E-state index in [1.807, 2.05) is 13.8 Å². The minimum Gasteiger partial charge on any atom is -0.378 e. The Morgan fingerprint density at radius 1 is 1.31 bits per heavy atom. The first-order valence-electron chi connectivity index (χ1n) is 5.37. The second-order valence-electron chi connectivity index (χ2n) is 4.54. The Morgan fingerprint density at radius 3 is 2.25 bits per heavy atom. The number of nitrogens with one attached hydrogen (secondary N) is 1. The first kappa shape index (κ1) is 13.4. The van der Waals surface area contributed by atoms with Crippen LogP contribution in [0.1, 0.15) is 20.3 Å². The van der Waals surface area contributed by atoms with Gasteiger partial charge in [0.05, 0.1) is 11.5 Å². The van der Waals surface area contributed by atoms with Gasteiger partial charge in [0.15, 0.2) is 6.29 Å². The molecule has 0 bridgehead atoms. The van der Waals surface area contributed by atoms with Crippen LogP contribution < -0.4 is 5.32 Å². The molecule has 2 atom stereocenters. The Kier molecular flexibility index (Phi) is 4.29. The summed E-state index contributed by atoms with van der Waals surface area (Å²) in [6.45, 7) is 3.83. The van der Waals surface area contributed by atoms with Crippen molar-refractivity contribution >= 4 is 5.91 Å². The summed E-state index contributed by atoms with van der Waals surface area (Å²) in [5, 5.41) is 2.85. The zero-order valence-electron chi connectivity index (χ0n) is 10.6. The van der Waals surface area contributed by atoms with Gasteiger partial charge in [0.2, 0.25) is 5.91 Å². The van der Waals surface area contributed by atoms with Gasteiger partial charge in [0.25, 0.3) is 0 Å². The highest BCUT2D eigenvalue weighted by Crippen LogP contribution is 2.32. The van der Waals surface area contributed by atoms with Crippen LogP contribution in [0.3, 0.4) is 0 Å². The van der Waals surface area contributed by atoms with E-state index < -0.39 is 5.60 Å². The molecule has 0 aromatic rings. The van der Waals surface area contributed by atoms with Crippen LogP contribution in [-0.2, 0) is 19.0 Å². The smallest absolute Gasteiger partial charge is 0.228 e. The third-order valence-electron chi connectivity index (χ3n) is 3.26. The summed E-state index contributed by atoms with van der Waals surface area (Å²) in [4.78, 5) is 11.5. The number of carbonyl (C=O) groups excluding carboxylic acids is 1. The molecule has 0 radical (unpaired) electrons. The average molecular weight is 231 g/mol. The standard InChI is InChI=1S/C11H21NO4/c1-11(2,16-5)9-7(12-10(9)13)6-8(14-3)15-4/h7-9H,6H2,1-5H3,(H,12,13)/t7-,9-/m1/s1. The number of hydrogen-bond acceptors (Lipinski definition) is 4. The fourth-order valence-corrected chi connectivity index (χ4v) is 2.06.